The molecule has 3 aromatic rings. The summed E-state index contributed by atoms with van der Waals surface area (Å²) in [6, 6.07) is 12.3. The minimum Gasteiger partial charge on any atom is -0.462 e. The van der Waals surface area contributed by atoms with Gasteiger partial charge in [-0.1, -0.05) is 24.3 Å². The third-order valence-corrected chi connectivity index (χ3v) is 6.07. The molecule has 0 aliphatic heterocycles. The van der Waals surface area contributed by atoms with E-state index in [1.54, 1.807) is 31.2 Å². The fraction of sp³-hybridized carbons (Fsp3) is 0.150. The number of rotatable bonds is 5. The summed E-state index contributed by atoms with van der Waals surface area (Å²) in [5, 5.41) is 1.82. The number of halogens is 1. The number of ether oxygens (including phenoxy) is 1. The van der Waals surface area contributed by atoms with Crippen LogP contribution in [0.1, 0.15) is 16.6 Å². The highest BCUT2D eigenvalue weighted by molar-refractivity contribution is 7.90. The quantitative estimate of drug-likeness (QED) is 0.573. The monoisotopic (exact) mass is 404 g/mol. The molecule has 1 heterocycles. The van der Waals surface area contributed by atoms with E-state index in [2.05, 4.69) is 0 Å². The van der Waals surface area contributed by atoms with Crippen LogP contribution in [0.2, 0.25) is 0 Å². The van der Waals surface area contributed by atoms with Crippen molar-refractivity contribution in [3.8, 4) is 22.3 Å². The lowest BCUT2D eigenvalue weighted by molar-refractivity contribution is 0.0533. The number of benzene rings is 2. The molecule has 140 valence electrons. The van der Waals surface area contributed by atoms with Gasteiger partial charge in [-0.05, 0) is 42.3 Å². The van der Waals surface area contributed by atoms with Crippen LogP contribution >= 0.6 is 11.3 Å². The lowest BCUT2D eigenvalue weighted by Crippen LogP contribution is -2.04. The number of carbonyl (C=O) groups is 1. The first-order valence-corrected chi connectivity index (χ1v) is 10.9. The third kappa shape index (κ3) is 4.09. The van der Waals surface area contributed by atoms with Gasteiger partial charge >= 0.3 is 5.97 Å². The molecule has 1 aromatic heterocycles. The molecule has 0 N–H and O–H groups in total. The number of hydrogen-bond donors (Lipinski definition) is 0. The summed E-state index contributed by atoms with van der Waals surface area (Å²) in [5.41, 5.74) is 2.84. The van der Waals surface area contributed by atoms with Crippen LogP contribution in [0.5, 0.6) is 0 Å². The molecule has 0 atom stereocenters. The van der Waals surface area contributed by atoms with Crippen molar-refractivity contribution < 1.29 is 22.3 Å². The average Bonchev–Trinajstić information content (AvgIpc) is 3.07. The summed E-state index contributed by atoms with van der Waals surface area (Å²) in [6.07, 6.45) is 1.14. The van der Waals surface area contributed by atoms with E-state index in [0.717, 1.165) is 17.4 Å². The molecule has 7 heteroatoms. The Kier molecular flexibility index (Phi) is 5.43. The predicted octanol–water partition coefficient (Wildman–Crippen LogP) is 4.80. The van der Waals surface area contributed by atoms with E-state index in [1.165, 1.54) is 35.6 Å². The molecule has 0 aliphatic carbocycles. The molecule has 0 radical (unpaired) electrons. The molecule has 0 bridgehead atoms. The number of carbonyl (C=O) groups excluding carboxylic acids is 1. The number of sulfone groups is 1. The second kappa shape index (κ2) is 7.62. The van der Waals surface area contributed by atoms with Gasteiger partial charge in [0.25, 0.3) is 0 Å². The number of hydrogen-bond acceptors (Lipinski definition) is 5. The number of esters is 1. The third-order valence-electron chi connectivity index (χ3n) is 3.98. The van der Waals surface area contributed by atoms with Crippen LogP contribution < -0.4 is 0 Å². The van der Waals surface area contributed by atoms with E-state index < -0.39 is 15.8 Å². The molecule has 2 aromatic carbocycles. The van der Waals surface area contributed by atoms with Crippen molar-refractivity contribution in [3.05, 3.63) is 64.6 Å². The van der Waals surface area contributed by atoms with Crippen molar-refractivity contribution in [3.63, 3.8) is 0 Å². The van der Waals surface area contributed by atoms with Crippen LogP contribution in [0.25, 0.3) is 22.3 Å². The van der Waals surface area contributed by atoms with Crippen molar-refractivity contribution in [2.75, 3.05) is 12.9 Å². The van der Waals surface area contributed by atoms with Crippen LogP contribution in [0, 0.1) is 5.82 Å². The Balaban J connectivity index is 2.17. The Morgan fingerprint density at radius 1 is 1.04 bits per heavy atom. The van der Waals surface area contributed by atoms with Crippen molar-refractivity contribution in [2.24, 2.45) is 0 Å². The summed E-state index contributed by atoms with van der Waals surface area (Å²) < 4.78 is 41.8. The van der Waals surface area contributed by atoms with E-state index in [-0.39, 0.29) is 17.3 Å². The van der Waals surface area contributed by atoms with Crippen LogP contribution in [-0.4, -0.2) is 27.2 Å². The SMILES string of the molecule is CCOC(=O)c1scc(-c2ccc(F)cc2)c1-c1ccc(S(C)(=O)=O)cc1. The van der Waals surface area contributed by atoms with Gasteiger partial charge < -0.3 is 4.74 Å². The highest BCUT2D eigenvalue weighted by atomic mass is 32.2. The summed E-state index contributed by atoms with van der Waals surface area (Å²) >= 11 is 1.24. The zero-order valence-corrected chi connectivity index (χ0v) is 16.4. The summed E-state index contributed by atoms with van der Waals surface area (Å²) in [6.45, 7) is 1.97. The van der Waals surface area contributed by atoms with E-state index in [1.807, 2.05) is 5.38 Å². The van der Waals surface area contributed by atoms with Crippen molar-refractivity contribution in [1.82, 2.24) is 0 Å². The maximum Gasteiger partial charge on any atom is 0.348 e. The van der Waals surface area contributed by atoms with Crippen LogP contribution in [0.15, 0.2) is 58.8 Å². The van der Waals surface area contributed by atoms with Gasteiger partial charge in [0.1, 0.15) is 10.7 Å². The molecule has 0 saturated heterocycles. The van der Waals surface area contributed by atoms with E-state index in [4.69, 9.17) is 4.74 Å². The maximum absolute atomic E-state index is 13.3. The zero-order chi connectivity index (χ0) is 19.6. The maximum atomic E-state index is 13.3. The average molecular weight is 404 g/mol. The Bertz CT molecular complexity index is 1070. The summed E-state index contributed by atoms with van der Waals surface area (Å²) in [7, 11) is -3.32. The minimum absolute atomic E-state index is 0.197. The molecule has 3 rings (SSSR count). The molecule has 27 heavy (non-hydrogen) atoms. The fourth-order valence-electron chi connectivity index (χ4n) is 2.70. The van der Waals surface area contributed by atoms with E-state index in [9.17, 15) is 17.6 Å². The molecule has 0 aliphatic rings. The highest BCUT2D eigenvalue weighted by Gasteiger charge is 2.22. The smallest absolute Gasteiger partial charge is 0.348 e. The van der Waals surface area contributed by atoms with Gasteiger partial charge in [0.15, 0.2) is 9.84 Å². The van der Waals surface area contributed by atoms with Gasteiger partial charge in [0.05, 0.1) is 11.5 Å². The van der Waals surface area contributed by atoms with Gasteiger partial charge in [-0.2, -0.15) is 0 Å². The second-order valence-corrected chi connectivity index (χ2v) is 8.77. The second-order valence-electron chi connectivity index (χ2n) is 5.88. The minimum atomic E-state index is -3.32. The van der Waals surface area contributed by atoms with Crippen molar-refractivity contribution >= 4 is 27.1 Å². The Hall–Kier alpha value is -2.51. The Labute approximate surface area is 161 Å². The lowest BCUT2D eigenvalue weighted by Gasteiger charge is -2.09. The van der Waals surface area contributed by atoms with E-state index in [0.29, 0.717) is 16.0 Å². The summed E-state index contributed by atoms with van der Waals surface area (Å²) in [5.74, 6) is -0.795. The van der Waals surface area contributed by atoms with Crippen LogP contribution in [0.4, 0.5) is 4.39 Å². The van der Waals surface area contributed by atoms with Gasteiger partial charge in [-0.15, -0.1) is 11.3 Å². The standard InChI is InChI=1S/C20H17FO4S2/c1-3-25-20(22)19-18(14-6-10-16(11-7-14)27(2,23)24)17(12-26-19)13-4-8-15(21)9-5-13/h4-12H,3H2,1-2H3. The van der Waals surface area contributed by atoms with Gasteiger partial charge in [-0.25, -0.2) is 17.6 Å². The lowest BCUT2D eigenvalue weighted by atomic mass is 9.97. The fourth-order valence-corrected chi connectivity index (χ4v) is 4.32. The van der Waals surface area contributed by atoms with Crippen LogP contribution in [0.3, 0.4) is 0 Å². The van der Waals surface area contributed by atoms with Crippen molar-refractivity contribution in [2.45, 2.75) is 11.8 Å². The topological polar surface area (TPSA) is 60.4 Å². The molecular formula is C20H17FO4S2. The molecule has 0 saturated carbocycles. The Morgan fingerprint density at radius 3 is 2.19 bits per heavy atom. The molecule has 0 spiro atoms. The first-order chi connectivity index (χ1) is 12.8. The predicted molar refractivity (Wildman–Crippen MR) is 104 cm³/mol. The number of thiophene rings is 1. The molecule has 4 nitrogen and oxygen atoms in total. The molecule has 0 fully saturated rings. The largest absolute Gasteiger partial charge is 0.462 e. The van der Waals surface area contributed by atoms with Crippen LogP contribution in [-0.2, 0) is 14.6 Å². The van der Waals surface area contributed by atoms with E-state index >= 15 is 0 Å². The molecular weight excluding hydrogens is 387 g/mol. The Morgan fingerprint density at radius 2 is 1.63 bits per heavy atom. The van der Waals surface area contributed by atoms with Crippen molar-refractivity contribution in [1.29, 1.82) is 0 Å². The first-order valence-electron chi connectivity index (χ1n) is 8.16. The van der Waals surface area contributed by atoms with Gasteiger partial charge in [0.2, 0.25) is 0 Å². The zero-order valence-electron chi connectivity index (χ0n) is 14.7. The molecule has 0 amide bonds. The van der Waals surface area contributed by atoms with Gasteiger partial charge in [-0.3, -0.25) is 0 Å². The normalized spacial score (nSPS) is 11.4. The highest BCUT2D eigenvalue weighted by Crippen LogP contribution is 2.40. The first kappa shape index (κ1) is 19.3. The summed E-state index contributed by atoms with van der Waals surface area (Å²) in [4.78, 5) is 13.0. The van der Waals surface area contributed by atoms with Gasteiger partial charge in [0, 0.05) is 22.8 Å². The molecule has 0 unspecified atom stereocenters.